The van der Waals surface area contributed by atoms with Crippen LogP contribution in [0.25, 0.3) is 0 Å². The molecule has 0 unspecified atom stereocenters. The molecule has 22 heavy (non-hydrogen) atoms. The van der Waals surface area contributed by atoms with E-state index < -0.39 is 5.97 Å². The SMILES string of the molecule is CCCCCCCCCCCCCCC/C=C\C=C/C(=O)O. The molecule has 0 radical (unpaired) electrons. The molecule has 0 aliphatic rings. The van der Waals surface area contributed by atoms with Crippen LogP contribution in [0.4, 0.5) is 0 Å². The lowest BCUT2D eigenvalue weighted by Gasteiger charge is -2.02. The highest BCUT2D eigenvalue weighted by Crippen LogP contribution is 2.12. The number of hydrogen-bond donors (Lipinski definition) is 1. The van der Waals surface area contributed by atoms with Crippen LogP contribution in [0, 0.1) is 0 Å². The summed E-state index contributed by atoms with van der Waals surface area (Å²) in [6.45, 7) is 2.27. The third-order valence-corrected chi connectivity index (χ3v) is 3.96. The van der Waals surface area contributed by atoms with Gasteiger partial charge in [0.2, 0.25) is 0 Å². The number of hydrogen-bond acceptors (Lipinski definition) is 1. The third-order valence-electron chi connectivity index (χ3n) is 3.96. The summed E-state index contributed by atoms with van der Waals surface area (Å²) in [5, 5.41) is 8.42. The molecule has 0 aromatic rings. The van der Waals surface area contributed by atoms with Crippen LogP contribution >= 0.6 is 0 Å². The largest absolute Gasteiger partial charge is 0.478 e. The highest BCUT2D eigenvalue weighted by atomic mass is 16.4. The molecule has 0 heterocycles. The number of carboxylic acids is 1. The first kappa shape index (κ1) is 20.9. The zero-order chi connectivity index (χ0) is 16.3. The van der Waals surface area contributed by atoms with E-state index in [1.165, 1.54) is 89.5 Å². The van der Waals surface area contributed by atoms with Gasteiger partial charge in [0.25, 0.3) is 0 Å². The Morgan fingerprint density at radius 1 is 0.727 bits per heavy atom. The molecule has 0 amide bonds. The maximum absolute atomic E-state index is 10.2. The Hall–Kier alpha value is -1.05. The van der Waals surface area contributed by atoms with Crippen molar-refractivity contribution in [1.29, 1.82) is 0 Å². The second kappa shape index (κ2) is 18.0. The quantitative estimate of drug-likeness (QED) is 0.196. The molecule has 0 atom stereocenters. The molecule has 0 aliphatic carbocycles. The molecule has 0 rings (SSSR count). The van der Waals surface area contributed by atoms with E-state index in [0.29, 0.717) is 0 Å². The van der Waals surface area contributed by atoms with Gasteiger partial charge in [-0.25, -0.2) is 4.79 Å². The fraction of sp³-hybridized carbons (Fsp3) is 0.750. The lowest BCUT2D eigenvalue weighted by molar-refractivity contribution is -0.131. The van der Waals surface area contributed by atoms with E-state index in [1.54, 1.807) is 6.08 Å². The zero-order valence-electron chi connectivity index (χ0n) is 14.6. The fourth-order valence-electron chi connectivity index (χ4n) is 2.59. The molecule has 0 aromatic carbocycles. The minimum absolute atomic E-state index is 0.884. The number of carboxylic acid groups (broad SMARTS) is 1. The van der Waals surface area contributed by atoms with Crippen molar-refractivity contribution in [3.05, 3.63) is 24.3 Å². The normalized spacial score (nSPS) is 11.7. The van der Waals surface area contributed by atoms with Gasteiger partial charge in [-0.05, 0) is 12.8 Å². The van der Waals surface area contributed by atoms with Crippen LogP contribution in [0.2, 0.25) is 0 Å². The molecule has 1 N–H and O–H groups in total. The summed E-state index contributed by atoms with van der Waals surface area (Å²) < 4.78 is 0. The van der Waals surface area contributed by atoms with Gasteiger partial charge in [0.15, 0.2) is 0 Å². The highest BCUT2D eigenvalue weighted by molar-refractivity contribution is 5.80. The van der Waals surface area contributed by atoms with Gasteiger partial charge in [0, 0.05) is 6.08 Å². The van der Waals surface area contributed by atoms with Crippen molar-refractivity contribution in [3.8, 4) is 0 Å². The van der Waals surface area contributed by atoms with Crippen molar-refractivity contribution < 1.29 is 9.90 Å². The summed E-state index contributed by atoms with van der Waals surface area (Å²) in [6, 6.07) is 0. The van der Waals surface area contributed by atoms with Gasteiger partial charge in [-0.2, -0.15) is 0 Å². The first-order chi connectivity index (χ1) is 10.8. The smallest absolute Gasteiger partial charge is 0.328 e. The van der Waals surface area contributed by atoms with Gasteiger partial charge >= 0.3 is 5.97 Å². The van der Waals surface area contributed by atoms with E-state index in [1.807, 2.05) is 6.08 Å². The van der Waals surface area contributed by atoms with Gasteiger partial charge in [0.05, 0.1) is 0 Å². The van der Waals surface area contributed by atoms with Crippen molar-refractivity contribution in [2.75, 3.05) is 0 Å². The average molecular weight is 309 g/mol. The highest BCUT2D eigenvalue weighted by Gasteiger charge is 1.93. The summed E-state index contributed by atoms with van der Waals surface area (Å²) in [7, 11) is 0. The summed E-state index contributed by atoms with van der Waals surface area (Å²) >= 11 is 0. The molecule has 0 saturated heterocycles. The monoisotopic (exact) mass is 308 g/mol. The Bertz CT molecular complexity index is 292. The summed E-state index contributed by atoms with van der Waals surface area (Å²) in [5.41, 5.74) is 0. The van der Waals surface area contributed by atoms with Crippen LogP contribution in [-0.4, -0.2) is 11.1 Å². The van der Waals surface area contributed by atoms with Crippen molar-refractivity contribution in [2.45, 2.75) is 96.8 Å². The summed E-state index contributed by atoms with van der Waals surface area (Å²) in [5.74, 6) is -0.884. The van der Waals surface area contributed by atoms with E-state index in [9.17, 15) is 4.79 Å². The van der Waals surface area contributed by atoms with Crippen molar-refractivity contribution >= 4 is 5.97 Å². The second-order valence-corrected chi connectivity index (χ2v) is 6.16. The maximum atomic E-state index is 10.2. The van der Waals surface area contributed by atoms with Crippen molar-refractivity contribution in [3.63, 3.8) is 0 Å². The van der Waals surface area contributed by atoms with Gasteiger partial charge in [0.1, 0.15) is 0 Å². The number of carbonyl (C=O) groups is 1. The molecular formula is C20H36O2. The molecule has 0 saturated carbocycles. The molecular weight excluding hydrogens is 272 g/mol. The van der Waals surface area contributed by atoms with Crippen LogP contribution in [0.15, 0.2) is 24.3 Å². The Labute approximate surface area is 137 Å². The Kier molecular flexibility index (Phi) is 17.1. The third kappa shape index (κ3) is 18.9. The maximum Gasteiger partial charge on any atom is 0.328 e. The van der Waals surface area contributed by atoms with Crippen molar-refractivity contribution in [1.82, 2.24) is 0 Å². The average Bonchev–Trinajstić information content (AvgIpc) is 2.50. The van der Waals surface area contributed by atoms with Crippen LogP contribution in [-0.2, 0) is 4.79 Å². The Balaban J connectivity index is 3.10. The second-order valence-electron chi connectivity index (χ2n) is 6.16. The molecule has 0 spiro atoms. The van der Waals surface area contributed by atoms with Gasteiger partial charge in [-0.3, -0.25) is 0 Å². The van der Waals surface area contributed by atoms with E-state index in [-0.39, 0.29) is 0 Å². The first-order valence-corrected chi connectivity index (χ1v) is 9.33. The van der Waals surface area contributed by atoms with E-state index in [2.05, 4.69) is 13.0 Å². The first-order valence-electron chi connectivity index (χ1n) is 9.33. The molecule has 0 aliphatic heterocycles. The fourth-order valence-corrected chi connectivity index (χ4v) is 2.59. The molecule has 2 heteroatoms. The summed E-state index contributed by atoms with van der Waals surface area (Å²) in [4.78, 5) is 10.2. The van der Waals surface area contributed by atoms with Gasteiger partial charge in [-0.1, -0.05) is 102 Å². The van der Waals surface area contributed by atoms with Crippen LogP contribution in [0.1, 0.15) is 96.8 Å². The lowest BCUT2D eigenvalue weighted by Crippen LogP contribution is -1.84. The molecule has 2 nitrogen and oxygen atoms in total. The number of rotatable bonds is 16. The zero-order valence-corrected chi connectivity index (χ0v) is 14.6. The van der Waals surface area contributed by atoms with E-state index >= 15 is 0 Å². The number of allylic oxidation sites excluding steroid dienone is 3. The lowest BCUT2D eigenvalue weighted by atomic mass is 10.0. The minimum Gasteiger partial charge on any atom is -0.478 e. The van der Waals surface area contributed by atoms with Gasteiger partial charge in [-0.15, -0.1) is 0 Å². The molecule has 0 fully saturated rings. The predicted molar refractivity (Wildman–Crippen MR) is 96.2 cm³/mol. The number of unbranched alkanes of at least 4 members (excludes halogenated alkanes) is 13. The minimum atomic E-state index is -0.884. The Morgan fingerprint density at radius 3 is 1.64 bits per heavy atom. The molecule has 128 valence electrons. The van der Waals surface area contributed by atoms with E-state index in [0.717, 1.165) is 6.42 Å². The standard InChI is InChI=1S/C20H36O2/c1-2-3-4-5-6-7-8-9-10-11-12-13-14-15-16-17-18-19-20(21)22/h16-19H,2-15H2,1H3,(H,21,22)/b17-16-,19-18-. The number of aliphatic carboxylic acids is 1. The summed E-state index contributed by atoms with van der Waals surface area (Å²) in [6.07, 6.45) is 25.6. The molecule has 0 bridgehead atoms. The van der Waals surface area contributed by atoms with Crippen LogP contribution < -0.4 is 0 Å². The van der Waals surface area contributed by atoms with Crippen LogP contribution in [0.3, 0.4) is 0 Å². The van der Waals surface area contributed by atoms with E-state index in [4.69, 9.17) is 5.11 Å². The van der Waals surface area contributed by atoms with Crippen LogP contribution in [0.5, 0.6) is 0 Å². The topological polar surface area (TPSA) is 37.3 Å². The Morgan fingerprint density at radius 2 is 1.18 bits per heavy atom. The van der Waals surface area contributed by atoms with Gasteiger partial charge < -0.3 is 5.11 Å². The van der Waals surface area contributed by atoms with Crippen molar-refractivity contribution in [2.24, 2.45) is 0 Å². The predicted octanol–water partition coefficient (Wildman–Crippen LogP) is 6.66. The molecule has 0 aromatic heterocycles.